The van der Waals surface area contributed by atoms with E-state index in [4.69, 9.17) is 9.47 Å². The number of aryl methyl sites for hydroxylation is 1. The number of aromatic amines is 1. The summed E-state index contributed by atoms with van der Waals surface area (Å²) in [5.74, 6) is 0.849. The van der Waals surface area contributed by atoms with Gasteiger partial charge < -0.3 is 14.8 Å². The van der Waals surface area contributed by atoms with E-state index in [0.717, 1.165) is 5.56 Å². The van der Waals surface area contributed by atoms with Crippen LogP contribution in [0.5, 0.6) is 11.5 Å². The number of rotatable bonds is 2. The molecule has 2 N–H and O–H groups in total. The molecule has 3 rings (SSSR count). The maximum absolute atomic E-state index is 12.1. The number of hydrogen-bond acceptors (Lipinski definition) is 5. The molecule has 0 spiro atoms. The van der Waals surface area contributed by atoms with Gasteiger partial charge in [-0.15, -0.1) is 0 Å². The van der Waals surface area contributed by atoms with Gasteiger partial charge >= 0.3 is 0 Å². The lowest BCUT2D eigenvalue weighted by Gasteiger charge is -2.20. The Labute approximate surface area is 119 Å². The number of amides is 1. The predicted molar refractivity (Wildman–Crippen MR) is 75.0 cm³/mol. The smallest absolute Gasteiger partial charge is 0.276 e. The van der Waals surface area contributed by atoms with Gasteiger partial charge in [-0.25, -0.2) is 5.10 Å². The minimum absolute atomic E-state index is 0.129. The van der Waals surface area contributed by atoms with Crippen LogP contribution in [-0.2, 0) is 0 Å². The zero-order valence-electron chi connectivity index (χ0n) is 11.3. The number of anilines is 1. The Bertz CT molecular complexity index is 734. The van der Waals surface area contributed by atoms with Gasteiger partial charge in [-0.05, 0) is 24.6 Å². The zero-order valence-corrected chi connectivity index (χ0v) is 11.3. The number of carbonyl (C=O) groups is 1. The highest BCUT2D eigenvalue weighted by atomic mass is 16.6. The summed E-state index contributed by atoms with van der Waals surface area (Å²) >= 11 is 0. The van der Waals surface area contributed by atoms with Crippen LogP contribution in [0.2, 0.25) is 0 Å². The first-order valence-electron chi connectivity index (χ1n) is 6.41. The lowest BCUT2D eigenvalue weighted by atomic mass is 10.1. The molecule has 0 saturated heterocycles. The van der Waals surface area contributed by atoms with Gasteiger partial charge in [0, 0.05) is 17.8 Å². The van der Waals surface area contributed by atoms with E-state index in [2.05, 4.69) is 15.5 Å². The lowest BCUT2D eigenvalue weighted by molar-refractivity contribution is 0.102. The molecule has 0 saturated carbocycles. The van der Waals surface area contributed by atoms with Gasteiger partial charge in [-0.3, -0.25) is 9.59 Å². The molecule has 1 aromatic carbocycles. The van der Waals surface area contributed by atoms with E-state index in [0.29, 0.717) is 30.4 Å². The summed E-state index contributed by atoms with van der Waals surface area (Å²) in [6, 6.07) is 6.14. The van der Waals surface area contributed by atoms with Crippen LogP contribution in [0.25, 0.3) is 0 Å². The molecule has 2 heterocycles. The lowest BCUT2D eigenvalue weighted by Crippen LogP contribution is -2.19. The van der Waals surface area contributed by atoms with Crippen molar-refractivity contribution in [3.8, 4) is 11.5 Å². The van der Waals surface area contributed by atoms with Gasteiger partial charge in [0.1, 0.15) is 18.9 Å². The van der Waals surface area contributed by atoms with Gasteiger partial charge in [0.05, 0.1) is 0 Å². The highest BCUT2D eigenvalue weighted by molar-refractivity contribution is 6.03. The number of ether oxygens (including phenoxy) is 2. The van der Waals surface area contributed by atoms with Crippen LogP contribution in [0.15, 0.2) is 29.1 Å². The number of aromatic nitrogens is 2. The third kappa shape index (κ3) is 2.71. The van der Waals surface area contributed by atoms with Gasteiger partial charge in [0.25, 0.3) is 11.5 Å². The van der Waals surface area contributed by atoms with Crippen molar-refractivity contribution >= 4 is 11.6 Å². The maximum Gasteiger partial charge on any atom is 0.276 e. The van der Waals surface area contributed by atoms with Crippen molar-refractivity contribution in [1.82, 2.24) is 10.2 Å². The molecule has 1 aliphatic rings. The molecule has 1 amide bonds. The normalized spacial score (nSPS) is 12.8. The van der Waals surface area contributed by atoms with Crippen LogP contribution in [0, 0.1) is 6.92 Å². The van der Waals surface area contributed by atoms with E-state index >= 15 is 0 Å². The van der Waals surface area contributed by atoms with Gasteiger partial charge in [-0.1, -0.05) is 0 Å². The van der Waals surface area contributed by atoms with Crippen molar-refractivity contribution in [2.45, 2.75) is 6.92 Å². The molecule has 2 aromatic rings. The fraction of sp³-hybridized carbons (Fsp3) is 0.214. The van der Waals surface area contributed by atoms with Crippen LogP contribution < -0.4 is 20.3 Å². The highest BCUT2D eigenvalue weighted by Gasteiger charge is 2.16. The Kier molecular flexibility index (Phi) is 3.31. The maximum atomic E-state index is 12.1. The van der Waals surface area contributed by atoms with Crippen molar-refractivity contribution in [3.05, 3.63) is 45.9 Å². The molecule has 0 aliphatic carbocycles. The standard InChI is InChI=1S/C14H13N3O4/c1-8-6-11-12(21-5-4-20-11)7-10(8)15-14(19)9-2-3-13(18)17-16-9/h2-3,6-7H,4-5H2,1H3,(H,15,19)(H,17,18). The molecule has 7 heteroatoms. The Morgan fingerprint density at radius 3 is 2.62 bits per heavy atom. The van der Waals surface area contributed by atoms with Crippen LogP contribution in [0.4, 0.5) is 5.69 Å². The Hall–Kier alpha value is -2.83. The summed E-state index contributed by atoms with van der Waals surface area (Å²) < 4.78 is 11.0. The second-order valence-corrected chi connectivity index (χ2v) is 4.57. The highest BCUT2D eigenvalue weighted by Crippen LogP contribution is 2.35. The summed E-state index contributed by atoms with van der Waals surface area (Å²) in [4.78, 5) is 23.0. The van der Waals surface area contributed by atoms with Gasteiger partial charge in [0.15, 0.2) is 11.5 Å². The molecule has 7 nitrogen and oxygen atoms in total. The molecule has 0 radical (unpaired) electrons. The van der Waals surface area contributed by atoms with Gasteiger partial charge in [-0.2, -0.15) is 5.10 Å². The van der Waals surface area contributed by atoms with Crippen molar-refractivity contribution in [2.75, 3.05) is 18.5 Å². The molecule has 0 atom stereocenters. The van der Waals surface area contributed by atoms with Crippen molar-refractivity contribution in [2.24, 2.45) is 0 Å². The van der Waals surface area contributed by atoms with E-state index in [1.807, 2.05) is 13.0 Å². The molecule has 108 valence electrons. The number of benzene rings is 1. The van der Waals surface area contributed by atoms with E-state index < -0.39 is 5.91 Å². The Morgan fingerprint density at radius 2 is 1.95 bits per heavy atom. The van der Waals surface area contributed by atoms with Crippen LogP contribution in [0.1, 0.15) is 16.1 Å². The fourth-order valence-corrected chi connectivity index (χ4v) is 1.98. The average molecular weight is 287 g/mol. The molecule has 21 heavy (non-hydrogen) atoms. The quantitative estimate of drug-likeness (QED) is 0.862. The topological polar surface area (TPSA) is 93.3 Å². The zero-order chi connectivity index (χ0) is 14.8. The molecule has 0 fully saturated rings. The number of nitrogens with zero attached hydrogens (tertiary/aromatic N) is 1. The fourth-order valence-electron chi connectivity index (χ4n) is 1.98. The second-order valence-electron chi connectivity index (χ2n) is 4.57. The first-order chi connectivity index (χ1) is 10.1. The van der Waals surface area contributed by atoms with E-state index in [1.165, 1.54) is 12.1 Å². The predicted octanol–water partition coefficient (Wildman–Crippen LogP) is 1.10. The number of carbonyl (C=O) groups excluding carboxylic acids is 1. The van der Waals surface area contributed by atoms with E-state index in [-0.39, 0.29) is 11.3 Å². The summed E-state index contributed by atoms with van der Waals surface area (Å²) in [5.41, 5.74) is 1.22. The molecule has 1 aromatic heterocycles. The molecular formula is C14H13N3O4. The Balaban J connectivity index is 1.85. The number of hydrogen-bond donors (Lipinski definition) is 2. The third-order valence-electron chi connectivity index (χ3n) is 3.05. The summed E-state index contributed by atoms with van der Waals surface area (Å²) in [7, 11) is 0. The minimum atomic E-state index is -0.411. The number of fused-ring (bicyclic) bond motifs is 1. The summed E-state index contributed by atoms with van der Waals surface area (Å²) in [6.45, 7) is 2.85. The largest absolute Gasteiger partial charge is 0.486 e. The van der Waals surface area contributed by atoms with Crippen molar-refractivity contribution in [3.63, 3.8) is 0 Å². The third-order valence-corrected chi connectivity index (χ3v) is 3.05. The summed E-state index contributed by atoms with van der Waals surface area (Å²) in [6.07, 6.45) is 0. The van der Waals surface area contributed by atoms with Gasteiger partial charge in [0.2, 0.25) is 0 Å². The molecule has 1 aliphatic heterocycles. The van der Waals surface area contributed by atoms with Crippen LogP contribution in [-0.4, -0.2) is 29.3 Å². The average Bonchev–Trinajstić information content (AvgIpc) is 2.48. The second kappa shape index (κ2) is 5.28. The Morgan fingerprint density at radius 1 is 1.24 bits per heavy atom. The van der Waals surface area contributed by atoms with E-state index in [9.17, 15) is 9.59 Å². The van der Waals surface area contributed by atoms with E-state index in [1.54, 1.807) is 6.07 Å². The first kappa shape index (κ1) is 13.2. The van der Waals surface area contributed by atoms with Crippen molar-refractivity contribution in [1.29, 1.82) is 0 Å². The number of H-pyrrole nitrogens is 1. The molecule has 0 bridgehead atoms. The molecule has 0 unspecified atom stereocenters. The first-order valence-corrected chi connectivity index (χ1v) is 6.41. The summed E-state index contributed by atoms with van der Waals surface area (Å²) in [5, 5.41) is 8.64. The van der Waals surface area contributed by atoms with Crippen LogP contribution in [0.3, 0.4) is 0 Å². The van der Waals surface area contributed by atoms with Crippen molar-refractivity contribution < 1.29 is 14.3 Å². The SMILES string of the molecule is Cc1cc2c(cc1NC(=O)c1ccc(=O)[nH]n1)OCCO2. The minimum Gasteiger partial charge on any atom is -0.486 e. The van der Waals surface area contributed by atoms with Crippen LogP contribution >= 0.6 is 0 Å². The monoisotopic (exact) mass is 287 g/mol. The molecular weight excluding hydrogens is 274 g/mol. The number of nitrogens with one attached hydrogen (secondary N) is 2.